The molecule has 0 spiro atoms. The number of rotatable bonds is 1. The van der Waals surface area contributed by atoms with E-state index in [0.29, 0.717) is 11.4 Å². The van der Waals surface area contributed by atoms with E-state index in [1.807, 2.05) is 0 Å². The molecule has 90 valence electrons. The summed E-state index contributed by atoms with van der Waals surface area (Å²) in [6.07, 6.45) is 3.72. The van der Waals surface area contributed by atoms with Crippen molar-refractivity contribution < 1.29 is 4.79 Å². The summed E-state index contributed by atoms with van der Waals surface area (Å²) >= 11 is 0. The highest BCUT2D eigenvalue weighted by Gasteiger charge is 2.33. The molecule has 0 fully saturated rings. The van der Waals surface area contributed by atoms with Crippen LogP contribution in [-0.4, -0.2) is 24.3 Å². The van der Waals surface area contributed by atoms with Crippen LogP contribution in [0.5, 0.6) is 0 Å². The molecule has 0 aliphatic carbocycles. The lowest BCUT2D eigenvalue weighted by molar-refractivity contribution is 0.112. The van der Waals surface area contributed by atoms with Crippen molar-refractivity contribution in [2.45, 2.75) is 38.9 Å². The SMILES string of the molecule is CC(C)(C)[Si](C)(C)C#Cc1ncc(C=O)cn1. The number of aldehydes is 1. The largest absolute Gasteiger partial charge is 0.298 e. The Hall–Kier alpha value is -1.47. The van der Waals surface area contributed by atoms with Crippen molar-refractivity contribution in [2.24, 2.45) is 0 Å². The molecule has 0 aromatic carbocycles. The number of hydrogen-bond donors (Lipinski definition) is 0. The topological polar surface area (TPSA) is 42.9 Å². The molecule has 17 heavy (non-hydrogen) atoms. The molecule has 0 bridgehead atoms. The average molecular weight is 246 g/mol. The first-order valence-corrected chi connectivity index (χ1v) is 8.57. The number of nitrogens with zero attached hydrogens (tertiary/aromatic N) is 2. The first kappa shape index (κ1) is 13.6. The van der Waals surface area contributed by atoms with E-state index in [1.54, 1.807) is 0 Å². The van der Waals surface area contributed by atoms with Crippen LogP contribution in [0.3, 0.4) is 0 Å². The highest BCUT2D eigenvalue weighted by Crippen LogP contribution is 2.35. The van der Waals surface area contributed by atoms with E-state index in [9.17, 15) is 4.79 Å². The van der Waals surface area contributed by atoms with Crippen LogP contribution in [0.25, 0.3) is 0 Å². The molecule has 0 amide bonds. The molecule has 0 radical (unpaired) electrons. The molecule has 0 N–H and O–H groups in total. The molecule has 1 heterocycles. The smallest absolute Gasteiger partial charge is 0.204 e. The molecule has 3 nitrogen and oxygen atoms in total. The Morgan fingerprint density at radius 3 is 2.18 bits per heavy atom. The van der Waals surface area contributed by atoms with Crippen molar-refractivity contribution in [2.75, 3.05) is 0 Å². The van der Waals surface area contributed by atoms with Crippen molar-refractivity contribution in [1.29, 1.82) is 0 Å². The maximum absolute atomic E-state index is 10.5. The maximum Gasteiger partial charge on any atom is 0.204 e. The Morgan fingerprint density at radius 1 is 1.24 bits per heavy atom. The number of aromatic nitrogens is 2. The van der Waals surface area contributed by atoms with Crippen LogP contribution in [0.2, 0.25) is 18.1 Å². The molecule has 0 unspecified atom stereocenters. The van der Waals surface area contributed by atoms with Gasteiger partial charge in [-0.3, -0.25) is 4.79 Å². The molecular formula is C13H18N2OSi. The third-order valence-electron chi connectivity index (χ3n) is 3.17. The highest BCUT2D eigenvalue weighted by atomic mass is 28.3. The second-order valence-electron chi connectivity index (χ2n) is 5.58. The molecule has 0 saturated carbocycles. The van der Waals surface area contributed by atoms with E-state index >= 15 is 0 Å². The number of carbonyl (C=O) groups excluding carboxylic acids is 1. The van der Waals surface area contributed by atoms with E-state index in [2.05, 4.69) is 55.3 Å². The molecular weight excluding hydrogens is 228 g/mol. The van der Waals surface area contributed by atoms with Crippen LogP contribution in [0.1, 0.15) is 37.0 Å². The third kappa shape index (κ3) is 3.50. The summed E-state index contributed by atoms with van der Waals surface area (Å²) in [5.41, 5.74) is 3.80. The third-order valence-corrected chi connectivity index (χ3v) is 7.67. The van der Waals surface area contributed by atoms with Crippen molar-refractivity contribution in [3.05, 3.63) is 23.8 Å². The van der Waals surface area contributed by atoms with Crippen molar-refractivity contribution in [3.63, 3.8) is 0 Å². The van der Waals surface area contributed by atoms with E-state index < -0.39 is 8.07 Å². The fourth-order valence-corrected chi connectivity index (χ4v) is 1.66. The molecule has 0 saturated heterocycles. The molecule has 1 aromatic heterocycles. The summed E-state index contributed by atoms with van der Waals surface area (Å²) in [5, 5.41) is 0.225. The van der Waals surface area contributed by atoms with E-state index in [-0.39, 0.29) is 5.04 Å². The van der Waals surface area contributed by atoms with Gasteiger partial charge in [0.1, 0.15) is 8.07 Å². The van der Waals surface area contributed by atoms with E-state index in [1.165, 1.54) is 12.4 Å². The zero-order valence-electron chi connectivity index (χ0n) is 11.0. The van der Waals surface area contributed by atoms with Gasteiger partial charge >= 0.3 is 0 Å². The van der Waals surface area contributed by atoms with Crippen LogP contribution in [0.4, 0.5) is 0 Å². The van der Waals surface area contributed by atoms with Crippen LogP contribution in [-0.2, 0) is 0 Å². The second-order valence-corrected chi connectivity index (χ2v) is 10.6. The molecule has 4 heteroatoms. The number of hydrogen-bond acceptors (Lipinski definition) is 3. The molecule has 0 atom stereocenters. The van der Waals surface area contributed by atoms with Gasteiger partial charge < -0.3 is 0 Å². The van der Waals surface area contributed by atoms with Gasteiger partial charge in [-0.1, -0.05) is 33.9 Å². The minimum Gasteiger partial charge on any atom is -0.298 e. The lowest BCUT2D eigenvalue weighted by atomic mass is 10.2. The summed E-state index contributed by atoms with van der Waals surface area (Å²) < 4.78 is 0. The fourth-order valence-electron chi connectivity index (χ4n) is 0.863. The molecule has 1 rings (SSSR count). The zero-order valence-corrected chi connectivity index (χ0v) is 12.0. The summed E-state index contributed by atoms with van der Waals surface area (Å²) in [4.78, 5) is 18.5. The van der Waals surface area contributed by atoms with Gasteiger partial charge in [0, 0.05) is 12.4 Å². The standard InChI is InChI=1S/C13H18N2OSi/c1-13(2,3)17(4,5)7-6-12-14-8-11(10-16)9-15-12/h8-10H,1-5H3. The molecule has 1 aromatic rings. The second kappa shape index (κ2) is 4.80. The van der Waals surface area contributed by atoms with Crippen molar-refractivity contribution in [1.82, 2.24) is 9.97 Å². The van der Waals surface area contributed by atoms with Crippen LogP contribution < -0.4 is 0 Å². The highest BCUT2D eigenvalue weighted by molar-refractivity contribution is 6.87. The van der Waals surface area contributed by atoms with Crippen molar-refractivity contribution >= 4 is 14.4 Å². The molecule has 0 aliphatic heterocycles. The lowest BCUT2D eigenvalue weighted by Gasteiger charge is -2.31. The first-order valence-electron chi connectivity index (χ1n) is 5.57. The van der Waals surface area contributed by atoms with Crippen molar-refractivity contribution in [3.8, 4) is 11.5 Å². The van der Waals surface area contributed by atoms with Crippen LogP contribution in [0.15, 0.2) is 12.4 Å². The normalized spacial score (nSPS) is 11.6. The minimum atomic E-state index is -1.62. The Labute approximate surface area is 104 Å². The van der Waals surface area contributed by atoms with E-state index in [4.69, 9.17) is 0 Å². The average Bonchev–Trinajstić information content (AvgIpc) is 2.25. The lowest BCUT2D eigenvalue weighted by Crippen LogP contribution is -2.35. The predicted molar refractivity (Wildman–Crippen MR) is 71.5 cm³/mol. The van der Waals surface area contributed by atoms with Gasteiger partial charge in [-0.2, -0.15) is 0 Å². The molecule has 0 aliphatic rings. The van der Waals surface area contributed by atoms with Crippen LogP contribution >= 0.6 is 0 Å². The van der Waals surface area contributed by atoms with Gasteiger partial charge in [0.05, 0.1) is 5.56 Å². The monoisotopic (exact) mass is 246 g/mol. The number of carbonyl (C=O) groups is 1. The van der Waals surface area contributed by atoms with Gasteiger partial charge in [-0.05, 0) is 11.0 Å². The predicted octanol–water partition coefficient (Wildman–Crippen LogP) is 2.69. The summed E-state index contributed by atoms with van der Waals surface area (Å²) in [6, 6.07) is 0. The Bertz CT molecular complexity index is 461. The van der Waals surface area contributed by atoms with Gasteiger partial charge in [0.2, 0.25) is 5.82 Å². The Morgan fingerprint density at radius 2 is 1.76 bits per heavy atom. The quantitative estimate of drug-likeness (QED) is 0.435. The van der Waals surface area contributed by atoms with Gasteiger partial charge in [0.15, 0.2) is 6.29 Å². The first-order chi connectivity index (χ1) is 7.76. The maximum atomic E-state index is 10.5. The van der Waals surface area contributed by atoms with Gasteiger partial charge in [-0.25, -0.2) is 9.97 Å². The summed E-state index contributed by atoms with van der Waals surface area (Å²) in [7, 11) is -1.62. The van der Waals surface area contributed by atoms with E-state index in [0.717, 1.165) is 6.29 Å². The summed E-state index contributed by atoms with van der Waals surface area (Å²) in [5.74, 6) is 3.50. The van der Waals surface area contributed by atoms with Crippen LogP contribution in [0, 0.1) is 11.5 Å². The Kier molecular flexibility index (Phi) is 3.84. The Balaban J connectivity index is 2.95. The minimum absolute atomic E-state index is 0.225. The van der Waals surface area contributed by atoms with Gasteiger partial charge in [-0.15, -0.1) is 5.54 Å². The van der Waals surface area contributed by atoms with Gasteiger partial charge in [0.25, 0.3) is 0 Å². The summed E-state index contributed by atoms with van der Waals surface area (Å²) in [6.45, 7) is 11.1. The fraction of sp³-hybridized carbons (Fsp3) is 0.462. The zero-order chi connectivity index (χ0) is 13.1.